The third-order valence-corrected chi connectivity index (χ3v) is 4.58. The lowest BCUT2D eigenvalue weighted by Crippen LogP contribution is -2.41. The van der Waals surface area contributed by atoms with Crippen molar-refractivity contribution in [1.29, 1.82) is 0 Å². The standard InChI is InChI=1S/C22H30N2O2/c1-4-23(5-2)17-18-24(20-15-11-8-12-16-20)21(22(25)26-6-3)19-13-9-7-10-14-19/h7-16,21H,4-6,17-18H2,1-3H3. The van der Waals surface area contributed by atoms with Gasteiger partial charge in [-0.05, 0) is 37.7 Å². The molecule has 2 aromatic rings. The maximum absolute atomic E-state index is 12.9. The first-order valence-electron chi connectivity index (χ1n) is 9.46. The van der Waals surface area contributed by atoms with Crippen molar-refractivity contribution in [2.75, 3.05) is 37.7 Å². The maximum atomic E-state index is 12.9. The SMILES string of the molecule is CCOC(=O)C(c1ccccc1)N(CCN(CC)CC)c1ccccc1. The molecular weight excluding hydrogens is 324 g/mol. The fourth-order valence-corrected chi connectivity index (χ4v) is 3.12. The molecule has 2 aromatic carbocycles. The number of rotatable bonds is 10. The molecule has 140 valence electrons. The molecule has 1 unspecified atom stereocenters. The number of carbonyl (C=O) groups is 1. The van der Waals surface area contributed by atoms with Gasteiger partial charge in [-0.25, -0.2) is 4.79 Å². The fourth-order valence-electron chi connectivity index (χ4n) is 3.12. The summed E-state index contributed by atoms with van der Waals surface area (Å²) < 4.78 is 5.43. The van der Waals surface area contributed by atoms with Gasteiger partial charge in [-0.3, -0.25) is 0 Å². The first-order valence-corrected chi connectivity index (χ1v) is 9.46. The predicted molar refractivity (Wildman–Crippen MR) is 107 cm³/mol. The van der Waals surface area contributed by atoms with Crippen molar-refractivity contribution < 1.29 is 9.53 Å². The summed E-state index contributed by atoms with van der Waals surface area (Å²) in [4.78, 5) is 17.4. The van der Waals surface area contributed by atoms with Crippen LogP contribution in [0, 0.1) is 0 Å². The highest BCUT2D eigenvalue weighted by molar-refractivity contribution is 5.82. The van der Waals surface area contributed by atoms with Gasteiger partial charge in [0.25, 0.3) is 0 Å². The lowest BCUT2D eigenvalue weighted by Gasteiger charge is -2.34. The van der Waals surface area contributed by atoms with Crippen LogP contribution in [0.3, 0.4) is 0 Å². The summed E-state index contributed by atoms with van der Waals surface area (Å²) in [6, 6.07) is 19.6. The van der Waals surface area contributed by atoms with Gasteiger partial charge in [-0.2, -0.15) is 0 Å². The Labute approximate surface area is 157 Å². The Morgan fingerprint density at radius 3 is 2.00 bits per heavy atom. The monoisotopic (exact) mass is 354 g/mol. The van der Waals surface area contributed by atoms with Crippen molar-refractivity contribution in [3.63, 3.8) is 0 Å². The van der Waals surface area contributed by atoms with Gasteiger partial charge in [0.1, 0.15) is 0 Å². The number of esters is 1. The zero-order valence-electron chi connectivity index (χ0n) is 16.1. The first-order chi connectivity index (χ1) is 12.7. The Bertz CT molecular complexity index is 642. The van der Waals surface area contributed by atoms with E-state index in [0.29, 0.717) is 6.61 Å². The summed E-state index contributed by atoms with van der Waals surface area (Å²) in [6.45, 7) is 10.2. The van der Waals surface area contributed by atoms with E-state index in [-0.39, 0.29) is 5.97 Å². The van der Waals surface area contributed by atoms with Crippen LogP contribution in [-0.4, -0.2) is 43.7 Å². The lowest BCUT2D eigenvalue weighted by molar-refractivity contribution is -0.145. The zero-order chi connectivity index (χ0) is 18.8. The summed E-state index contributed by atoms with van der Waals surface area (Å²) in [5.74, 6) is -0.206. The van der Waals surface area contributed by atoms with Crippen LogP contribution in [0.2, 0.25) is 0 Å². The highest BCUT2D eigenvalue weighted by atomic mass is 16.5. The van der Waals surface area contributed by atoms with Crippen LogP contribution in [0.25, 0.3) is 0 Å². The summed E-state index contributed by atoms with van der Waals surface area (Å²) in [7, 11) is 0. The molecule has 26 heavy (non-hydrogen) atoms. The van der Waals surface area contributed by atoms with Gasteiger partial charge in [0.05, 0.1) is 6.61 Å². The largest absolute Gasteiger partial charge is 0.464 e. The van der Waals surface area contributed by atoms with Crippen molar-refractivity contribution >= 4 is 11.7 Å². The molecule has 4 heteroatoms. The molecular formula is C22H30N2O2. The smallest absolute Gasteiger partial charge is 0.333 e. The predicted octanol–water partition coefficient (Wildman–Crippen LogP) is 4.14. The molecule has 0 aromatic heterocycles. The number of ether oxygens (including phenoxy) is 1. The molecule has 0 aliphatic carbocycles. The Morgan fingerprint density at radius 1 is 0.885 bits per heavy atom. The van der Waals surface area contributed by atoms with E-state index in [1.807, 2.05) is 55.5 Å². The molecule has 0 spiro atoms. The summed E-state index contributed by atoms with van der Waals surface area (Å²) in [5, 5.41) is 0. The third kappa shape index (κ3) is 5.33. The van der Waals surface area contributed by atoms with Gasteiger partial charge in [-0.1, -0.05) is 62.4 Å². The normalized spacial score (nSPS) is 12.0. The molecule has 0 heterocycles. The Morgan fingerprint density at radius 2 is 1.46 bits per heavy atom. The van der Waals surface area contributed by atoms with E-state index in [1.165, 1.54) is 0 Å². The molecule has 0 N–H and O–H groups in total. The number of carbonyl (C=O) groups excluding carboxylic acids is 1. The van der Waals surface area contributed by atoms with Gasteiger partial charge < -0.3 is 14.5 Å². The van der Waals surface area contributed by atoms with E-state index in [4.69, 9.17) is 4.74 Å². The molecule has 0 radical (unpaired) electrons. The lowest BCUT2D eigenvalue weighted by atomic mass is 10.0. The molecule has 0 saturated carbocycles. The van der Waals surface area contributed by atoms with Crippen LogP contribution < -0.4 is 4.90 Å². The molecule has 0 bridgehead atoms. The number of anilines is 1. The Balaban J connectivity index is 2.38. The molecule has 0 aliphatic heterocycles. The van der Waals surface area contributed by atoms with Crippen LogP contribution in [-0.2, 0) is 9.53 Å². The molecule has 1 atom stereocenters. The van der Waals surface area contributed by atoms with E-state index in [2.05, 4.69) is 35.8 Å². The van der Waals surface area contributed by atoms with Crippen LogP contribution in [0.15, 0.2) is 60.7 Å². The third-order valence-electron chi connectivity index (χ3n) is 4.58. The van der Waals surface area contributed by atoms with Crippen LogP contribution in [0.1, 0.15) is 32.4 Å². The van der Waals surface area contributed by atoms with Crippen molar-refractivity contribution in [2.24, 2.45) is 0 Å². The number of para-hydroxylation sites is 1. The van der Waals surface area contributed by atoms with Gasteiger partial charge in [0.15, 0.2) is 6.04 Å². The summed E-state index contributed by atoms with van der Waals surface area (Å²) in [5.41, 5.74) is 1.98. The molecule has 0 amide bonds. The van der Waals surface area contributed by atoms with Crippen molar-refractivity contribution in [3.8, 4) is 0 Å². The van der Waals surface area contributed by atoms with Gasteiger partial charge in [0, 0.05) is 18.8 Å². The van der Waals surface area contributed by atoms with E-state index < -0.39 is 6.04 Å². The second-order valence-electron chi connectivity index (χ2n) is 6.12. The molecule has 4 nitrogen and oxygen atoms in total. The maximum Gasteiger partial charge on any atom is 0.333 e. The highest BCUT2D eigenvalue weighted by Crippen LogP contribution is 2.28. The van der Waals surface area contributed by atoms with Crippen molar-refractivity contribution in [1.82, 2.24) is 4.90 Å². The number of nitrogens with zero attached hydrogens (tertiary/aromatic N) is 2. The zero-order valence-corrected chi connectivity index (χ0v) is 16.1. The van der Waals surface area contributed by atoms with E-state index in [0.717, 1.165) is 37.4 Å². The van der Waals surface area contributed by atoms with Crippen molar-refractivity contribution in [2.45, 2.75) is 26.8 Å². The number of likely N-dealkylation sites (N-methyl/N-ethyl adjacent to an activating group) is 1. The van der Waals surface area contributed by atoms with Gasteiger partial charge in [-0.15, -0.1) is 0 Å². The van der Waals surface area contributed by atoms with Gasteiger partial charge in [0.2, 0.25) is 0 Å². The minimum absolute atomic E-state index is 0.206. The average molecular weight is 354 g/mol. The fraction of sp³-hybridized carbons (Fsp3) is 0.409. The number of hydrogen-bond donors (Lipinski definition) is 0. The molecule has 0 saturated heterocycles. The topological polar surface area (TPSA) is 32.8 Å². The average Bonchev–Trinajstić information content (AvgIpc) is 2.69. The second-order valence-corrected chi connectivity index (χ2v) is 6.12. The molecule has 0 fully saturated rings. The minimum atomic E-state index is -0.450. The first kappa shape index (κ1) is 20.0. The van der Waals surface area contributed by atoms with E-state index in [9.17, 15) is 4.79 Å². The molecule has 2 rings (SSSR count). The highest BCUT2D eigenvalue weighted by Gasteiger charge is 2.29. The van der Waals surface area contributed by atoms with E-state index in [1.54, 1.807) is 0 Å². The van der Waals surface area contributed by atoms with Gasteiger partial charge >= 0.3 is 5.97 Å². The van der Waals surface area contributed by atoms with Crippen molar-refractivity contribution in [3.05, 3.63) is 66.2 Å². The van der Waals surface area contributed by atoms with Crippen LogP contribution in [0.5, 0.6) is 0 Å². The Kier molecular flexibility index (Phi) is 8.16. The number of hydrogen-bond acceptors (Lipinski definition) is 4. The quantitative estimate of drug-likeness (QED) is 0.600. The number of benzene rings is 2. The summed E-state index contributed by atoms with van der Waals surface area (Å²) in [6.07, 6.45) is 0. The van der Waals surface area contributed by atoms with Crippen LogP contribution >= 0.6 is 0 Å². The van der Waals surface area contributed by atoms with E-state index >= 15 is 0 Å². The minimum Gasteiger partial charge on any atom is -0.464 e. The van der Waals surface area contributed by atoms with Crippen LogP contribution in [0.4, 0.5) is 5.69 Å². The Hall–Kier alpha value is -2.33. The molecule has 0 aliphatic rings. The second kappa shape index (κ2) is 10.6. The summed E-state index contributed by atoms with van der Waals surface area (Å²) >= 11 is 0.